The van der Waals surface area contributed by atoms with Crippen molar-refractivity contribution in [2.75, 3.05) is 32.0 Å². The lowest BCUT2D eigenvalue weighted by Crippen LogP contribution is -2.25. The minimum atomic E-state index is 0.643. The summed E-state index contributed by atoms with van der Waals surface area (Å²) in [6.07, 6.45) is 4.12. The molecule has 5 nitrogen and oxygen atoms in total. The summed E-state index contributed by atoms with van der Waals surface area (Å²) in [4.78, 5) is 10.8. The van der Waals surface area contributed by atoms with Crippen molar-refractivity contribution in [1.82, 2.24) is 14.9 Å². The van der Waals surface area contributed by atoms with E-state index in [2.05, 4.69) is 14.9 Å². The van der Waals surface area contributed by atoms with Crippen molar-refractivity contribution in [3.63, 3.8) is 0 Å². The molecule has 3 rings (SSSR count). The van der Waals surface area contributed by atoms with E-state index in [4.69, 9.17) is 10.5 Å². The second kappa shape index (κ2) is 5.40. The Morgan fingerprint density at radius 2 is 2.05 bits per heavy atom. The van der Waals surface area contributed by atoms with Gasteiger partial charge in [0.05, 0.1) is 10.9 Å². The van der Waals surface area contributed by atoms with Gasteiger partial charge in [-0.1, -0.05) is 0 Å². The van der Waals surface area contributed by atoms with Crippen LogP contribution < -0.4 is 10.5 Å². The van der Waals surface area contributed by atoms with Gasteiger partial charge in [0.1, 0.15) is 12.9 Å². The summed E-state index contributed by atoms with van der Waals surface area (Å²) >= 11 is 0. The highest BCUT2D eigenvalue weighted by atomic mass is 16.5. The normalized spacial score (nSPS) is 16.0. The summed E-state index contributed by atoms with van der Waals surface area (Å²) in [6, 6.07) is 5.60. The van der Waals surface area contributed by atoms with Crippen molar-refractivity contribution >= 4 is 16.6 Å². The first-order chi connectivity index (χ1) is 9.33. The monoisotopic (exact) mass is 258 g/mol. The number of nitrogens with zero attached hydrogens (tertiary/aromatic N) is 3. The van der Waals surface area contributed by atoms with Gasteiger partial charge in [0.2, 0.25) is 5.88 Å². The molecule has 0 spiro atoms. The number of hydrogen-bond donors (Lipinski definition) is 1. The molecule has 0 bridgehead atoms. The fourth-order valence-corrected chi connectivity index (χ4v) is 2.44. The quantitative estimate of drug-likeness (QED) is 0.845. The predicted octanol–water partition coefficient (Wildman–Crippen LogP) is 1.69. The Hall–Kier alpha value is -1.88. The second-order valence-corrected chi connectivity index (χ2v) is 4.85. The summed E-state index contributed by atoms with van der Waals surface area (Å²) in [5.41, 5.74) is 7.28. The largest absolute Gasteiger partial charge is 0.476 e. The number of benzene rings is 1. The Kier molecular flexibility index (Phi) is 3.46. The molecule has 1 aromatic carbocycles. The van der Waals surface area contributed by atoms with Crippen LogP contribution in [0.1, 0.15) is 12.8 Å². The average Bonchev–Trinajstić information content (AvgIpc) is 2.92. The van der Waals surface area contributed by atoms with Gasteiger partial charge in [-0.15, -0.1) is 0 Å². The van der Waals surface area contributed by atoms with Gasteiger partial charge in [-0.25, -0.2) is 9.97 Å². The molecule has 0 radical (unpaired) electrons. The molecule has 2 aromatic rings. The fourth-order valence-electron chi connectivity index (χ4n) is 2.44. The van der Waals surface area contributed by atoms with E-state index in [9.17, 15) is 0 Å². The maximum absolute atomic E-state index is 5.79. The highest BCUT2D eigenvalue weighted by molar-refractivity contribution is 5.85. The summed E-state index contributed by atoms with van der Waals surface area (Å²) in [5, 5.41) is 0.915. The van der Waals surface area contributed by atoms with Gasteiger partial charge in [0.25, 0.3) is 0 Å². The average molecular weight is 258 g/mol. The Bertz CT molecular complexity index is 566. The van der Waals surface area contributed by atoms with E-state index in [0.29, 0.717) is 18.2 Å². The highest BCUT2D eigenvalue weighted by Crippen LogP contribution is 2.23. The molecule has 0 atom stereocenters. The molecule has 1 aromatic heterocycles. The molecule has 2 heterocycles. The van der Waals surface area contributed by atoms with E-state index in [-0.39, 0.29) is 0 Å². The highest BCUT2D eigenvalue weighted by Gasteiger charge is 2.11. The zero-order valence-corrected chi connectivity index (χ0v) is 10.9. The van der Waals surface area contributed by atoms with Crippen molar-refractivity contribution in [3.8, 4) is 5.88 Å². The number of hydrogen-bond acceptors (Lipinski definition) is 5. The SMILES string of the molecule is Nc1ccc2c(OCCN3CCCC3)ncnc2c1. The summed E-state index contributed by atoms with van der Waals surface area (Å²) in [7, 11) is 0. The zero-order valence-electron chi connectivity index (χ0n) is 10.9. The summed E-state index contributed by atoms with van der Waals surface area (Å²) in [5.74, 6) is 0.643. The molecule has 1 fully saturated rings. The number of likely N-dealkylation sites (tertiary alicyclic amines) is 1. The standard InChI is InChI=1S/C14H18N4O/c15-11-3-4-12-13(9-11)16-10-17-14(12)19-8-7-18-5-1-2-6-18/h3-4,9-10H,1-2,5-8,15H2. The molecule has 1 saturated heterocycles. The predicted molar refractivity (Wildman–Crippen MR) is 75.1 cm³/mol. The lowest BCUT2D eigenvalue weighted by Gasteiger charge is -2.15. The van der Waals surface area contributed by atoms with E-state index >= 15 is 0 Å². The first kappa shape index (κ1) is 12.2. The first-order valence-corrected chi connectivity index (χ1v) is 6.68. The minimum Gasteiger partial charge on any atom is -0.476 e. The van der Waals surface area contributed by atoms with Crippen molar-refractivity contribution < 1.29 is 4.74 Å². The van der Waals surface area contributed by atoms with Gasteiger partial charge < -0.3 is 10.5 Å². The molecule has 5 heteroatoms. The van der Waals surface area contributed by atoms with Gasteiger partial charge in [-0.05, 0) is 44.1 Å². The molecule has 100 valence electrons. The number of ether oxygens (including phenoxy) is 1. The molecule has 0 amide bonds. The Morgan fingerprint density at radius 3 is 2.89 bits per heavy atom. The number of rotatable bonds is 4. The van der Waals surface area contributed by atoms with Crippen LogP contribution in [-0.2, 0) is 0 Å². The summed E-state index contributed by atoms with van der Waals surface area (Å²) in [6.45, 7) is 3.99. The third-order valence-electron chi connectivity index (χ3n) is 3.47. The third-order valence-corrected chi connectivity index (χ3v) is 3.47. The van der Waals surface area contributed by atoms with Crippen LogP contribution in [0.25, 0.3) is 10.9 Å². The van der Waals surface area contributed by atoms with Crippen molar-refractivity contribution in [3.05, 3.63) is 24.5 Å². The lowest BCUT2D eigenvalue weighted by molar-refractivity contribution is 0.234. The van der Waals surface area contributed by atoms with Crippen LogP contribution in [0.5, 0.6) is 5.88 Å². The van der Waals surface area contributed by atoms with Crippen LogP contribution in [0, 0.1) is 0 Å². The van der Waals surface area contributed by atoms with E-state index in [0.717, 1.165) is 17.4 Å². The molecule has 19 heavy (non-hydrogen) atoms. The number of nitrogens with two attached hydrogens (primary N) is 1. The van der Waals surface area contributed by atoms with Crippen LogP contribution in [0.2, 0.25) is 0 Å². The van der Waals surface area contributed by atoms with Gasteiger partial charge in [-0.3, -0.25) is 4.90 Å². The first-order valence-electron chi connectivity index (χ1n) is 6.68. The Morgan fingerprint density at radius 1 is 1.21 bits per heavy atom. The zero-order chi connectivity index (χ0) is 13.1. The van der Waals surface area contributed by atoms with Gasteiger partial charge in [0, 0.05) is 12.2 Å². The van der Waals surface area contributed by atoms with Crippen LogP contribution in [0.3, 0.4) is 0 Å². The van der Waals surface area contributed by atoms with E-state index in [1.807, 2.05) is 18.2 Å². The molecular weight excluding hydrogens is 240 g/mol. The van der Waals surface area contributed by atoms with Crippen LogP contribution >= 0.6 is 0 Å². The van der Waals surface area contributed by atoms with Crippen LogP contribution in [-0.4, -0.2) is 41.1 Å². The summed E-state index contributed by atoms with van der Waals surface area (Å²) < 4.78 is 5.79. The number of fused-ring (bicyclic) bond motifs is 1. The smallest absolute Gasteiger partial charge is 0.224 e. The molecule has 1 aliphatic heterocycles. The molecule has 2 N–H and O–H groups in total. The molecule has 0 aliphatic carbocycles. The maximum Gasteiger partial charge on any atom is 0.224 e. The van der Waals surface area contributed by atoms with Gasteiger partial charge in [0.15, 0.2) is 0 Å². The van der Waals surface area contributed by atoms with Crippen molar-refractivity contribution in [1.29, 1.82) is 0 Å². The van der Waals surface area contributed by atoms with E-state index in [1.54, 1.807) is 0 Å². The van der Waals surface area contributed by atoms with E-state index in [1.165, 1.54) is 32.3 Å². The van der Waals surface area contributed by atoms with Crippen LogP contribution in [0.4, 0.5) is 5.69 Å². The molecule has 1 aliphatic rings. The Labute approximate surface area is 112 Å². The van der Waals surface area contributed by atoms with E-state index < -0.39 is 0 Å². The minimum absolute atomic E-state index is 0.643. The maximum atomic E-state index is 5.79. The molecule has 0 unspecified atom stereocenters. The molecule has 0 saturated carbocycles. The van der Waals surface area contributed by atoms with Gasteiger partial charge in [-0.2, -0.15) is 0 Å². The lowest BCUT2D eigenvalue weighted by atomic mass is 10.2. The van der Waals surface area contributed by atoms with Crippen molar-refractivity contribution in [2.45, 2.75) is 12.8 Å². The Balaban J connectivity index is 1.70. The number of anilines is 1. The third kappa shape index (κ3) is 2.76. The van der Waals surface area contributed by atoms with Crippen LogP contribution in [0.15, 0.2) is 24.5 Å². The number of nitrogen functional groups attached to an aromatic ring is 1. The second-order valence-electron chi connectivity index (χ2n) is 4.85. The topological polar surface area (TPSA) is 64.3 Å². The fraction of sp³-hybridized carbons (Fsp3) is 0.429. The van der Waals surface area contributed by atoms with Crippen molar-refractivity contribution in [2.24, 2.45) is 0 Å². The number of aromatic nitrogens is 2. The molecular formula is C14H18N4O. The van der Waals surface area contributed by atoms with Gasteiger partial charge >= 0.3 is 0 Å².